The molecule has 4 heteroatoms. The van der Waals surface area contributed by atoms with Crippen LogP contribution in [0.15, 0.2) is 0 Å². The fraction of sp³-hybridized carbons (Fsp3) is 1.00. The highest BCUT2D eigenvalue weighted by Crippen LogP contribution is 2.23. The van der Waals surface area contributed by atoms with E-state index in [-0.39, 0.29) is 37.6 Å². The molecule has 0 aromatic heterocycles. The van der Waals surface area contributed by atoms with E-state index in [1.807, 2.05) is 6.92 Å². The van der Waals surface area contributed by atoms with E-state index in [9.17, 15) is 0 Å². The van der Waals surface area contributed by atoms with Gasteiger partial charge in [0.25, 0.3) is 0 Å². The van der Waals surface area contributed by atoms with Gasteiger partial charge in [-0.15, -0.1) is 0 Å². The summed E-state index contributed by atoms with van der Waals surface area (Å²) in [6, 6.07) is 0. The quantitative estimate of drug-likeness (QED) is 0.608. The Kier molecular flexibility index (Phi) is 3.46. The molecule has 4 nitrogen and oxygen atoms in total. The first kappa shape index (κ1) is 9.92. The molecule has 2 unspecified atom stereocenters. The highest BCUT2D eigenvalue weighted by atomic mass is 16.7. The van der Waals surface area contributed by atoms with Crippen LogP contribution in [0.4, 0.5) is 0 Å². The minimum absolute atomic E-state index is 0.0225. The van der Waals surface area contributed by atoms with Crippen LogP contribution < -0.4 is 0 Å². The molecule has 0 spiro atoms. The fourth-order valence-corrected chi connectivity index (χ4v) is 1.43. The number of rotatable bonds is 2. The third kappa shape index (κ3) is 1.95. The Bertz CT molecular complexity index is 125. The molecule has 2 atom stereocenters. The maximum absolute atomic E-state index is 8.93. The lowest BCUT2D eigenvalue weighted by Gasteiger charge is -2.37. The maximum Gasteiger partial charge on any atom is 0.155 e. The van der Waals surface area contributed by atoms with Crippen molar-refractivity contribution in [3.63, 3.8) is 0 Å². The molecule has 1 rings (SSSR count). The van der Waals surface area contributed by atoms with Gasteiger partial charge in [0, 0.05) is 5.92 Å². The first-order valence-corrected chi connectivity index (χ1v) is 4.21. The normalized spacial score (nSPS) is 43.0. The summed E-state index contributed by atoms with van der Waals surface area (Å²) in [6.45, 7) is 3.61. The summed E-state index contributed by atoms with van der Waals surface area (Å²) in [4.78, 5) is 0. The van der Waals surface area contributed by atoms with Crippen LogP contribution in [0.2, 0.25) is 0 Å². The predicted molar refractivity (Wildman–Crippen MR) is 42.5 cm³/mol. The van der Waals surface area contributed by atoms with E-state index in [2.05, 4.69) is 0 Å². The molecule has 0 amide bonds. The summed E-state index contributed by atoms with van der Waals surface area (Å²) in [5.41, 5.74) is 0. The Morgan fingerprint density at radius 2 is 1.42 bits per heavy atom. The van der Waals surface area contributed by atoms with Crippen molar-refractivity contribution in [3.05, 3.63) is 0 Å². The molecule has 0 radical (unpaired) electrons. The molecule has 1 aliphatic heterocycles. The van der Waals surface area contributed by atoms with E-state index >= 15 is 0 Å². The van der Waals surface area contributed by atoms with E-state index < -0.39 is 0 Å². The van der Waals surface area contributed by atoms with Gasteiger partial charge in [-0.25, -0.2) is 0 Å². The lowest BCUT2D eigenvalue weighted by Crippen LogP contribution is -2.47. The Labute approximate surface area is 72.1 Å². The lowest BCUT2D eigenvalue weighted by atomic mass is 9.97. The van der Waals surface area contributed by atoms with Crippen LogP contribution in [-0.4, -0.2) is 41.9 Å². The third-order valence-electron chi connectivity index (χ3n) is 2.27. The monoisotopic (exact) mass is 176 g/mol. The molecule has 0 aromatic rings. The van der Waals surface area contributed by atoms with Crippen LogP contribution in [-0.2, 0) is 9.47 Å². The van der Waals surface area contributed by atoms with Gasteiger partial charge in [0.05, 0.1) is 25.4 Å². The van der Waals surface area contributed by atoms with Gasteiger partial charge in [-0.3, -0.25) is 0 Å². The van der Waals surface area contributed by atoms with Gasteiger partial charge < -0.3 is 19.7 Å². The SMILES string of the molecule is CC1OC(CO)C(C)C(CO)O1. The average molecular weight is 176 g/mol. The first-order chi connectivity index (χ1) is 5.69. The summed E-state index contributed by atoms with van der Waals surface area (Å²) >= 11 is 0. The van der Waals surface area contributed by atoms with Crippen LogP contribution >= 0.6 is 0 Å². The maximum atomic E-state index is 8.93. The predicted octanol–water partition coefficient (Wildman–Crippen LogP) is -0.263. The second kappa shape index (κ2) is 4.18. The van der Waals surface area contributed by atoms with Crippen molar-refractivity contribution in [1.29, 1.82) is 0 Å². The Hall–Kier alpha value is -0.160. The Morgan fingerprint density at radius 1 is 1.00 bits per heavy atom. The van der Waals surface area contributed by atoms with Crippen molar-refractivity contribution in [2.24, 2.45) is 5.92 Å². The summed E-state index contributed by atoms with van der Waals surface area (Å²) in [6.07, 6.45) is -0.771. The van der Waals surface area contributed by atoms with Gasteiger partial charge in [0.15, 0.2) is 6.29 Å². The molecule has 0 bridgehead atoms. The average Bonchev–Trinajstić information content (AvgIpc) is 2.08. The Morgan fingerprint density at radius 3 is 1.75 bits per heavy atom. The second-order valence-corrected chi connectivity index (χ2v) is 3.14. The second-order valence-electron chi connectivity index (χ2n) is 3.14. The minimum Gasteiger partial charge on any atom is -0.394 e. The van der Waals surface area contributed by atoms with Crippen molar-refractivity contribution in [2.75, 3.05) is 13.2 Å². The number of aliphatic hydroxyl groups is 2. The Balaban J connectivity index is 2.55. The zero-order valence-corrected chi connectivity index (χ0v) is 7.43. The fourth-order valence-electron chi connectivity index (χ4n) is 1.43. The molecule has 2 N–H and O–H groups in total. The van der Waals surface area contributed by atoms with E-state index in [1.54, 1.807) is 6.92 Å². The van der Waals surface area contributed by atoms with Crippen LogP contribution in [0, 0.1) is 5.92 Å². The number of aliphatic hydroxyl groups excluding tert-OH is 2. The zero-order valence-electron chi connectivity index (χ0n) is 7.43. The van der Waals surface area contributed by atoms with Gasteiger partial charge >= 0.3 is 0 Å². The van der Waals surface area contributed by atoms with Gasteiger partial charge in [-0.2, -0.15) is 0 Å². The van der Waals surface area contributed by atoms with Crippen molar-refractivity contribution >= 4 is 0 Å². The van der Waals surface area contributed by atoms with E-state index in [4.69, 9.17) is 19.7 Å². The zero-order chi connectivity index (χ0) is 9.14. The molecule has 0 saturated carbocycles. The van der Waals surface area contributed by atoms with E-state index in [0.717, 1.165) is 0 Å². The molecular weight excluding hydrogens is 160 g/mol. The molecule has 1 heterocycles. The highest BCUT2D eigenvalue weighted by Gasteiger charge is 2.33. The first-order valence-electron chi connectivity index (χ1n) is 4.21. The number of hydrogen-bond acceptors (Lipinski definition) is 4. The lowest BCUT2D eigenvalue weighted by molar-refractivity contribution is -0.269. The van der Waals surface area contributed by atoms with Crippen LogP contribution in [0.5, 0.6) is 0 Å². The highest BCUT2D eigenvalue weighted by molar-refractivity contribution is 4.77. The molecule has 1 saturated heterocycles. The van der Waals surface area contributed by atoms with Crippen LogP contribution in [0.25, 0.3) is 0 Å². The van der Waals surface area contributed by atoms with Gasteiger partial charge in [-0.05, 0) is 6.92 Å². The molecule has 12 heavy (non-hydrogen) atoms. The third-order valence-corrected chi connectivity index (χ3v) is 2.27. The molecule has 0 aromatic carbocycles. The summed E-state index contributed by atoms with van der Waals surface area (Å²) in [5.74, 6) is 0.0381. The molecule has 1 fully saturated rings. The van der Waals surface area contributed by atoms with Gasteiger partial charge in [-0.1, -0.05) is 6.92 Å². The van der Waals surface area contributed by atoms with Crippen LogP contribution in [0.1, 0.15) is 13.8 Å². The van der Waals surface area contributed by atoms with Crippen molar-refractivity contribution in [2.45, 2.75) is 32.3 Å². The summed E-state index contributed by atoms with van der Waals surface area (Å²) in [7, 11) is 0. The molecule has 0 aliphatic carbocycles. The van der Waals surface area contributed by atoms with Crippen molar-refractivity contribution in [3.8, 4) is 0 Å². The largest absolute Gasteiger partial charge is 0.394 e. The number of ether oxygens (including phenoxy) is 2. The topological polar surface area (TPSA) is 58.9 Å². The molecule has 72 valence electrons. The number of hydrogen-bond donors (Lipinski definition) is 2. The summed E-state index contributed by atoms with van der Waals surface area (Å²) in [5, 5.41) is 17.9. The minimum atomic E-state index is -0.338. The van der Waals surface area contributed by atoms with Crippen molar-refractivity contribution < 1.29 is 19.7 Å². The van der Waals surface area contributed by atoms with E-state index in [0.29, 0.717) is 0 Å². The molecular formula is C8H16O4. The smallest absolute Gasteiger partial charge is 0.155 e. The molecule has 1 aliphatic rings. The van der Waals surface area contributed by atoms with E-state index in [1.165, 1.54) is 0 Å². The van der Waals surface area contributed by atoms with Gasteiger partial charge in [0.2, 0.25) is 0 Å². The standard InChI is InChI=1S/C8H16O4/c1-5-7(3-9)11-6(2)12-8(5)4-10/h5-10H,3-4H2,1-2H3. The van der Waals surface area contributed by atoms with Gasteiger partial charge in [0.1, 0.15) is 0 Å². The summed E-state index contributed by atoms with van der Waals surface area (Å²) < 4.78 is 10.6. The van der Waals surface area contributed by atoms with Crippen molar-refractivity contribution in [1.82, 2.24) is 0 Å². The van der Waals surface area contributed by atoms with Crippen LogP contribution in [0.3, 0.4) is 0 Å².